The molecule has 1 aromatic carbocycles. The number of anilines is 1. The lowest BCUT2D eigenvalue weighted by Gasteiger charge is -2.50. The quantitative estimate of drug-likeness (QED) is 0.0691. The van der Waals surface area contributed by atoms with Crippen LogP contribution in [0, 0.1) is 0 Å². The van der Waals surface area contributed by atoms with Crippen molar-refractivity contribution < 1.29 is 46.3 Å². The Labute approximate surface area is 279 Å². The van der Waals surface area contributed by atoms with Gasteiger partial charge in [0.25, 0.3) is 17.4 Å². The monoisotopic (exact) mass is 708 g/mol. The molecule has 8 N–H and O–H groups in total. The van der Waals surface area contributed by atoms with Crippen LogP contribution in [0.25, 0.3) is 0 Å². The summed E-state index contributed by atoms with van der Waals surface area (Å²) in [5.74, 6) is -2.19. The van der Waals surface area contributed by atoms with Gasteiger partial charge in [-0.05, 0) is 76.8 Å². The van der Waals surface area contributed by atoms with Gasteiger partial charge in [0.1, 0.15) is 23.3 Å². The number of carboxylic acid groups (broad SMARTS) is 1. The second-order valence-electron chi connectivity index (χ2n) is 12.1. The number of amides is 2. The molecule has 260 valence electrons. The molecule has 4 atom stereocenters. The van der Waals surface area contributed by atoms with Crippen LogP contribution in [-0.4, -0.2) is 99.9 Å². The normalized spacial score (nSPS) is 23.1. The van der Waals surface area contributed by atoms with Crippen molar-refractivity contribution in [1.29, 1.82) is 0 Å². The number of hydrogen-bond acceptors (Lipinski definition) is 15. The van der Waals surface area contributed by atoms with E-state index in [9.17, 15) is 27.9 Å². The predicted octanol–water partition coefficient (Wildman–Crippen LogP) is -0.0196. The number of aliphatic carboxylic acids is 1. The number of aryl methyl sites for hydroxylation is 1. The number of fused-ring (bicyclic) bond motifs is 1. The highest BCUT2D eigenvalue weighted by Crippen LogP contribution is 2.35. The number of carbonyl (C=O) groups is 3. The van der Waals surface area contributed by atoms with Crippen LogP contribution in [-0.2, 0) is 40.3 Å². The Morgan fingerprint density at radius 3 is 2.73 bits per heavy atom. The first-order valence-corrected chi connectivity index (χ1v) is 17.1. The molecule has 2 amide bonds. The number of aromatic nitrogens is 1. The van der Waals surface area contributed by atoms with Crippen molar-refractivity contribution >= 4 is 56.2 Å². The lowest BCUT2D eigenvalue weighted by molar-refractivity contribution is -0.218. The number of nitrogen functional groups attached to an aromatic ring is 1. The number of hydrogen-bond donors (Lipinski definition) is 6. The molecule has 0 bridgehead atoms. The third-order valence-electron chi connectivity index (χ3n) is 8.30. The number of β-lactam (4-membered cyclic amide) rings is 1. The molecule has 3 aliphatic rings. The number of ether oxygens (including phenoxy) is 1. The van der Waals surface area contributed by atoms with Gasteiger partial charge >= 0.3 is 16.4 Å². The molecule has 0 saturated carbocycles. The van der Waals surface area contributed by atoms with Gasteiger partial charge in [-0.25, -0.2) is 9.78 Å². The fourth-order valence-electron chi connectivity index (χ4n) is 5.51. The summed E-state index contributed by atoms with van der Waals surface area (Å²) < 4.78 is 41.8. The number of hydroxylamine groups is 2. The summed E-state index contributed by atoms with van der Waals surface area (Å²) in [4.78, 5) is 53.1. The van der Waals surface area contributed by atoms with Gasteiger partial charge in [-0.15, -0.1) is 15.6 Å². The summed E-state index contributed by atoms with van der Waals surface area (Å²) >= 11 is 0.971. The number of nitrogens with zero attached hydrogens (tertiary/aromatic N) is 4. The molecule has 18 nitrogen and oxygen atoms in total. The van der Waals surface area contributed by atoms with Gasteiger partial charge in [0.05, 0.1) is 11.6 Å². The summed E-state index contributed by atoms with van der Waals surface area (Å²) in [5.41, 5.74) is 9.01. The van der Waals surface area contributed by atoms with E-state index in [0.29, 0.717) is 23.8 Å². The van der Waals surface area contributed by atoms with Crippen LogP contribution < -0.4 is 26.8 Å². The van der Waals surface area contributed by atoms with Crippen molar-refractivity contribution in [3.05, 3.63) is 40.4 Å². The Morgan fingerprint density at radius 1 is 1.35 bits per heavy atom. The number of nitrogens with one attached hydrogen (secondary N) is 2. The molecule has 0 spiro atoms. The largest absolute Gasteiger partial charge is 0.485 e. The van der Waals surface area contributed by atoms with Crippen molar-refractivity contribution in [2.24, 2.45) is 15.9 Å². The number of carboxylic acids is 1. The highest BCUT2D eigenvalue weighted by Gasteiger charge is 2.58. The maximum atomic E-state index is 13.4. The average molecular weight is 709 g/mol. The molecule has 48 heavy (non-hydrogen) atoms. The molecular weight excluding hydrogens is 672 g/mol. The van der Waals surface area contributed by atoms with Gasteiger partial charge in [0.15, 0.2) is 16.9 Å². The Morgan fingerprint density at radius 2 is 2.10 bits per heavy atom. The van der Waals surface area contributed by atoms with E-state index in [1.165, 1.54) is 26.2 Å². The van der Waals surface area contributed by atoms with E-state index in [4.69, 9.17) is 30.6 Å². The summed E-state index contributed by atoms with van der Waals surface area (Å²) in [6.45, 7) is 5.34. The number of aliphatic imine (C=N–C) groups is 1. The molecule has 2 aromatic rings. The Bertz CT molecular complexity index is 1780. The molecule has 20 heteroatoms. The number of nitrogens with two attached hydrogens (primary N) is 2. The lowest BCUT2D eigenvalue weighted by atomic mass is 9.84. The van der Waals surface area contributed by atoms with Gasteiger partial charge in [-0.3, -0.25) is 19.1 Å². The number of rotatable bonds is 13. The maximum absolute atomic E-state index is 13.4. The molecule has 0 radical (unpaired) electrons. The minimum atomic E-state index is -5.02. The molecular formula is C28H36N8O10S2. The molecule has 1 saturated heterocycles. The van der Waals surface area contributed by atoms with Crippen molar-refractivity contribution in [3.8, 4) is 5.75 Å². The van der Waals surface area contributed by atoms with Crippen molar-refractivity contribution in [2.45, 2.75) is 75.8 Å². The van der Waals surface area contributed by atoms with Crippen LogP contribution in [0.4, 0.5) is 5.13 Å². The Kier molecular flexibility index (Phi) is 9.66. The van der Waals surface area contributed by atoms with E-state index in [0.717, 1.165) is 47.7 Å². The maximum Gasteiger partial charge on any atom is 0.418 e. The highest BCUT2D eigenvalue weighted by atomic mass is 32.3. The SMILES string of the molecule is CC1(C)[C@H](NC(=O)/C(=N\O[C@](C)(C(=O)O)[C@H]2CCc3cc(C4=N[C@@H](CCCN)CN4)ccc3O2)c2csc(N)n2)C(=O)N1OS(=O)(=O)O. The van der Waals surface area contributed by atoms with Crippen LogP contribution >= 0.6 is 11.3 Å². The highest BCUT2D eigenvalue weighted by molar-refractivity contribution is 7.80. The molecule has 1 aromatic heterocycles. The van der Waals surface area contributed by atoms with Crippen LogP contribution in [0.1, 0.15) is 56.9 Å². The van der Waals surface area contributed by atoms with Gasteiger partial charge in [0, 0.05) is 17.5 Å². The van der Waals surface area contributed by atoms with Crippen molar-refractivity contribution in [3.63, 3.8) is 0 Å². The zero-order valence-corrected chi connectivity index (χ0v) is 27.8. The third-order valence-corrected chi connectivity index (χ3v) is 9.32. The molecule has 3 aliphatic heterocycles. The standard InChI is InChI=1S/C28H36N8O10S2/c1-27(2)21(24(38)36(27)46-48(41,42)43)34-23(37)20(17-13-47-26(30)33-17)35-45-28(3,25(39)40)19-9-7-14-11-15(6-8-18(14)44-19)22-31-12-16(32-22)5-4-10-29/h6,8,11,13,16,19,21H,4-5,7,9-10,12,29H2,1-3H3,(H2,30,33)(H,31,32)(H,34,37)(H,39,40)(H,41,42,43)/b35-20-/t16-,19+,21+,28-/m0/s1. The van der Waals surface area contributed by atoms with E-state index in [-0.39, 0.29) is 23.3 Å². The first kappa shape index (κ1) is 35.0. The van der Waals surface area contributed by atoms with Crippen molar-refractivity contribution in [2.75, 3.05) is 18.8 Å². The van der Waals surface area contributed by atoms with E-state index in [2.05, 4.69) is 25.1 Å². The summed E-state index contributed by atoms with van der Waals surface area (Å²) in [6.07, 6.45) is 1.41. The summed E-state index contributed by atoms with van der Waals surface area (Å²) in [5, 5.41) is 21.7. The number of thiazole rings is 1. The number of amidine groups is 1. The van der Waals surface area contributed by atoms with Crippen molar-refractivity contribution in [1.82, 2.24) is 20.7 Å². The van der Waals surface area contributed by atoms with Gasteiger partial charge in [-0.1, -0.05) is 5.16 Å². The van der Waals surface area contributed by atoms with Crippen LogP contribution in [0.15, 0.2) is 33.7 Å². The smallest absolute Gasteiger partial charge is 0.418 e. The zero-order valence-electron chi connectivity index (χ0n) is 26.2. The molecule has 0 unspecified atom stereocenters. The Balaban J connectivity index is 1.34. The first-order chi connectivity index (χ1) is 22.5. The van der Waals surface area contributed by atoms with Gasteiger partial charge in [-0.2, -0.15) is 13.5 Å². The zero-order chi connectivity index (χ0) is 35.0. The Hall–Kier alpha value is -4.37. The van der Waals surface area contributed by atoms with E-state index < -0.39 is 57.2 Å². The van der Waals surface area contributed by atoms with Crippen LogP contribution in [0.5, 0.6) is 5.75 Å². The second kappa shape index (κ2) is 13.3. The average Bonchev–Trinajstić information content (AvgIpc) is 3.69. The molecule has 0 aliphatic carbocycles. The van der Waals surface area contributed by atoms with Gasteiger partial charge < -0.3 is 36.8 Å². The minimum Gasteiger partial charge on any atom is -0.485 e. The van der Waals surface area contributed by atoms with E-state index in [1.807, 2.05) is 12.1 Å². The van der Waals surface area contributed by atoms with Gasteiger partial charge in [0.2, 0.25) is 0 Å². The number of carbonyl (C=O) groups excluding carboxylic acids is 2. The number of oxime groups is 1. The first-order valence-electron chi connectivity index (χ1n) is 14.9. The molecule has 5 rings (SSSR count). The molecule has 1 fully saturated rings. The fraction of sp³-hybridized carbons (Fsp3) is 0.500. The lowest BCUT2D eigenvalue weighted by Crippen LogP contribution is -2.76. The van der Waals surface area contributed by atoms with E-state index in [1.54, 1.807) is 6.07 Å². The minimum absolute atomic E-state index is 0.0655. The molecule has 4 heterocycles. The predicted molar refractivity (Wildman–Crippen MR) is 171 cm³/mol. The van der Waals surface area contributed by atoms with E-state index >= 15 is 0 Å². The summed E-state index contributed by atoms with van der Waals surface area (Å²) in [7, 11) is -5.02. The number of benzene rings is 1. The van der Waals surface area contributed by atoms with Crippen LogP contribution in [0.3, 0.4) is 0 Å². The third kappa shape index (κ3) is 7.06. The second-order valence-corrected chi connectivity index (χ2v) is 14.0. The topological polar surface area (TPSA) is 270 Å². The fourth-order valence-corrected chi connectivity index (χ4v) is 6.51. The summed E-state index contributed by atoms with van der Waals surface area (Å²) in [6, 6.07) is 4.33. The van der Waals surface area contributed by atoms with Crippen LogP contribution in [0.2, 0.25) is 0 Å².